The number of aryl methyl sites for hydroxylation is 2. The highest BCUT2D eigenvalue weighted by Crippen LogP contribution is 2.03. The van der Waals surface area contributed by atoms with Crippen molar-refractivity contribution in [2.24, 2.45) is 0 Å². The van der Waals surface area contributed by atoms with E-state index in [4.69, 9.17) is 16.7 Å². The number of rotatable bonds is 3. The molecule has 1 N–H and O–H groups in total. The standard InChI is InChI=1S/C7H10ClN3O2/c1-4-9-5(2)11(10-4)3-6(8)7(12)13/h6H,3H2,1-2H3,(H,12,13). The van der Waals surface area contributed by atoms with Gasteiger partial charge in [-0.2, -0.15) is 5.10 Å². The number of alkyl halides is 1. The average molecular weight is 204 g/mol. The van der Waals surface area contributed by atoms with Crippen LogP contribution in [0, 0.1) is 13.8 Å². The fraction of sp³-hybridized carbons (Fsp3) is 0.571. The Morgan fingerprint density at radius 2 is 2.31 bits per heavy atom. The second-order valence-corrected chi connectivity index (χ2v) is 3.22. The Labute approximate surface area is 80.3 Å². The molecule has 0 aromatic carbocycles. The van der Waals surface area contributed by atoms with Gasteiger partial charge in [0.2, 0.25) is 0 Å². The monoisotopic (exact) mass is 203 g/mol. The number of carboxylic acids is 1. The lowest BCUT2D eigenvalue weighted by Crippen LogP contribution is -2.21. The van der Waals surface area contributed by atoms with E-state index in [1.165, 1.54) is 4.68 Å². The minimum absolute atomic E-state index is 0.142. The zero-order valence-electron chi connectivity index (χ0n) is 7.36. The first-order chi connectivity index (χ1) is 6.00. The molecule has 0 saturated carbocycles. The van der Waals surface area contributed by atoms with E-state index in [0.717, 1.165) is 0 Å². The van der Waals surface area contributed by atoms with E-state index in [2.05, 4.69) is 10.1 Å². The van der Waals surface area contributed by atoms with Gasteiger partial charge in [0.25, 0.3) is 0 Å². The van der Waals surface area contributed by atoms with Crippen LogP contribution in [0.5, 0.6) is 0 Å². The van der Waals surface area contributed by atoms with Gasteiger partial charge in [-0.15, -0.1) is 11.6 Å². The van der Waals surface area contributed by atoms with E-state index in [1.54, 1.807) is 13.8 Å². The van der Waals surface area contributed by atoms with Crippen molar-refractivity contribution < 1.29 is 9.90 Å². The van der Waals surface area contributed by atoms with Crippen LogP contribution in [0.2, 0.25) is 0 Å². The topological polar surface area (TPSA) is 68.0 Å². The third-order valence-corrected chi connectivity index (χ3v) is 1.89. The molecule has 0 aliphatic rings. The number of nitrogens with zero attached hydrogens (tertiary/aromatic N) is 3. The van der Waals surface area contributed by atoms with Crippen LogP contribution in [0.25, 0.3) is 0 Å². The molecular formula is C7H10ClN3O2. The molecule has 1 aromatic rings. The summed E-state index contributed by atoms with van der Waals surface area (Å²) >= 11 is 5.54. The minimum atomic E-state index is -1.05. The third kappa shape index (κ3) is 2.42. The summed E-state index contributed by atoms with van der Waals surface area (Å²) in [4.78, 5) is 14.5. The molecule has 0 radical (unpaired) electrons. The van der Waals surface area contributed by atoms with Gasteiger partial charge in [-0.05, 0) is 13.8 Å². The van der Waals surface area contributed by atoms with Crippen LogP contribution in [0.1, 0.15) is 11.6 Å². The van der Waals surface area contributed by atoms with E-state index >= 15 is 0 Å². The molecule has 0 bridgehead atoms. The molecule has 1 heterocycles. The Morgan fingerprint density at radius 1 is 1.69 bits per heavy atom. The predicted molar refractivity (Wildman–Crippen MR) is 46.8 cm³/mol. The maximum Gasteiger partial charge on any atom is 0.323 e. The Kier molecular flexibility index (Phi) is 2.87. The van der Waals surface area contributed by atoms with Gasteiger partial charge in [0.1, 0.15) is 11.6 Å². The van der Waals surface area contributed by atoms with Crippen LogP contribution >= 0.6 is 11.6 Å². The molecule has 0 amide bonds. The number of aromatic nitrogens is 3. The highest BCUT2D eigenvalue weighted by Gasteiger charge is 2.16. The zero-order valence-corrected chi connectivity index (χ0v) is 8.12. The predicted octanol–water partition coefficient (Wildman–Crippen LogP) is 0.587. The van der Waals surface area contributed by atoms with E-state index in [-0.39, 0.29) is 6.54 Å². The van der Waals surface area contributed by atoms with E-state index in [1.807, 2.05) is 0 Å². The molecule has 6 heteroatoms. The molecule has 0 fully saturated rings. The summed E-state index contributed by atoms with van der Waals surface area (Å²) in [6, 6.07) is 0. The summed E-state index contributed by atoms with van der Waals surface area (Å²) < 4.78 is 1.49. The maximum atomic E-state index is 10.4. The van der Waals surface area contributed by atoms with Crippen LogP contribution in [-0.4, -0.2) is 31.2 Å². The van der Waals surface area contributed by atoms with E-state index < -0.39 is 11.3 Å². The first-order valence-corrected chi connectivity index (χ1v) is 4.19. The van der Waals surface area contributed by atoms with Crippen molar-refractivity contribution >= 4 is 17.6 Å². The lowest BCUT2D eigenvalue weighted by molar-refractivity contribution is -0.136. The Balaban J connectivity index is 2.74. The van der Waals surface area contributed by atoms with E-state index in [0.29, 0.717) is 11.6 Å². The van der Waals surface area contributed by atoms with Crippen molar-refractivity contribution in [1.82, 2.24) is 14.8 Å². The van der Waals surface area contributed by atoms with Crippen molar-refractivity contribution in [3.8, 4) is 0 Å². The van der Waals surface area contributed by atoms with Gasteiger partial charge in [0.05, 0.1) is 6.54 Å². The smallest absolute Gasteiger partial charge is 0.323 e. The maximum absolute atomic E-state index is 10.4. The fourth-order valence-electron chi connectivity index (χ4n) is 0.964. The molecule has 5 nitrogen and oxygen atoms in total. The summed E-state index contributed by atoms with van der Waals surface area (Å²) in [7, 11) is 0. The normalized spacial score (nSPS) is 12.8. The molecule has 0 aliphatic carbocycles. The molecule has 0 saturated heterocycles. The van der Waals surface area contributed by atoms with Crippen molar-refractivity contribution in [2.45, 2.75) is 25.8 Å². The number of hydrogen-bond donors (Lipinski definition) is 1. The lowest BCUT2D eigenvalue weighted by Gasteiger charge is -2.04. The molecule has 1 unspecified atom stereocenters. The van der Waals surface area contributed by atoms with Crippen LogP contribution in [0.4, 0.5) is 0 Å². The first kappa shape index (κ1) is 9.98. The number of aliphatic carboxylic acids is 1. The van der Waals surface area contributed by atoms with Crippen LogP contribution in [0.15, 0.2) is 0 Å². The molecule has 0 spiro atoms. The second kappa shape index (κ2) is 3.74. The molecule has 72 valence electrons. The number of carboxylic acid groups (broad SMARTS) is 1. The SMILES string of the molecule is Cc1nc(C)n(CC(Cl)C(=O)O)n1. The molecule has 1 aromatic heterocycles. The summed E-state index contributed by atoms with van der Waals surface area (Å²) in [5, 5.41) is 11.6. The van der Waals surface area contributed by atoms with Crippen molar-refractivity contribution in [2.75, 3.05) is 0 Å². The third-order valence-electron chi connectivity index (χ3n) is 1.56. The number of hydrogen-bond acceptors (Lipinski definition) is 3. The van der Waals surface area contributed by atoms with Crippen LogP contribution in [-0.2, 0) is 11.3 Å². The largest absolute Gasteiger partial charge is 0.480 e. The summed E-state index contributed by atoms with van der Waals surface area (Å²) in [6.07, 6.45) is 0. The summed E-state index contributed by atoms with van der Waals surface area (Å²) in [5.41, 5.74) is 0. The van der Waals surface area contributed by atoms with Gasteiger partial charge in [0, 0.05) is 0 Å². The number of halogens is 1. The summed E-state index contributed by atoms with van der Waals surface area (Å²) in [6.45, 7) is 3.64. The Morgan fingerprint density at radius 3 is 2.69 bits per heavy atom. The Hall–Kier alpha value is -1.10. The fourth-order valence-corrected chi connectivity index (χ4v) is 1.09. The van der Waals surface area contributed by atoms with Gasteiger partial charge in [-0.25, -0.2) is 9.67 Å². The molecule has 0 aliphatic heterocycles. The molecule has 1 rings (SSSR count). The Bertz CT molecular complexity index is 324. The molecule has 13 heavy (non-hydrogen) atoms. The highest BCUT2D eigenvalue weighted by atomic mass is 35.5. The minimum Gasteiger partial charge on any atom is -0.480 e. The van der Waals surface area contributed by atoms with Gasteiger partial charge >= 0.3 is 5.97 Å². The van der Waals surface area contributed by atoms with Gasteiger partial charge in [-0.3, -0.25) is 4.79 Å². The number of carbonyl (C=O) groups is 1. The van der Waals surface area contributed by atoms with E-state index in [9.17, 15) is 4.79 Å². The van der Waals surface area contributed by atoms with Crippen molar-refractivity contribution in [1.29, 1.82) is 0 Å². The quantitative estimate of drug-likeness (QED) is 0.730. The molecule has 1 atom stereocenters. The van der Waals surface area contributed by atoms with Crippen molar-refractivity contribution in [3.05, 3.63) is 11.6 Å². The van der Waals surface area contributed by atoms with Crippen LogP contribution in [0.3, 0.4) is 0 Å². The van der Waals surface area contributed by atoms with Crippen molar-refractivity contribution in [3.63, 3.8) is 0 Å². The molecular weight excluding hydrogens is 194 g/mol. The highest BCUT2D eigenvalue weighted by molar-refractivity contribution is 6.29. The van der Waals surface area contributed by atoms with Crippen LogP contribution < -0.4 is 0 Å². The zero-order chi connectivity index (χ0) is 10.0. The van der Waals surface area contributed by atoms with Gasteiger partial charge < -0.3 is 5.11 Å². The van der Waals surface area contributed by atoms with Gasteiger partial charge in [-0.1, -0.05) is 0 Å². The summed E-state index contributed by atoms with van der Waals surface area (Å²) in [5.74, 6) is 0.241. The van der Waals surface area contributed by atoms with Gasteiger partial charge in [0.15, 0.2) is 5.38 Å². The lowest BCUT2D eigenvalue weighted by atomic mass is 10.4. The average Bonchev–Trinajstić information content (AvgIpc) is 2.30. The second-order valence-electron chi connectivity index (χ2n) is 2.69. The first-order valence-electron chi connectivity index (χ1n) is 3.75.